The van der Waals surface area contributed by atoms with Gasteiger partial charge in [0.1, 0.15) is 0 Å². The van der Waals surface area contributed by atoms with E-state index in [1.54, 1.807) is 11.3 Å². The van der Waals surface area contributed by atoms with Crippen LogP contribution in [0.25, 0.3) is 0 Å². The van der Waals surface area contributed by atoms with E-state index >= 15 is 0 Å². The molecule has 1 aliphatic carbocycles. The van der Waals surface area contributed by atoms with Gasteiger partial charge in [-0.05, 0) is 52.8 Å². The number of hydrogen-bond acceptors (Lipinski definition) is 2. The fourth-order valence-corrected chi connectivity index (χ4v) is 3.35. The van der Waals surface area contributed by atoms with Crippen LogP contribution in [0, 0.1) is 0 Å². The molecule has 2 N–H and O–H groups in total. The third-order valence-corrected chi connectivity index (χ3v) is 4.49. The fraction of sp³-hybridized carbons (Fsp3) is 0.333. The SMILES string of the molecule is NC(CCc1ccsc1)C1Cc2ccccc21. The largest absolute Gasteiger partial charge is 0.327 e. The molecular formula is C15H17NS. The van der Waals surface area contributed by atoms with Gasteiger partial charge < -0.3 is 5.73 Å². The zero-order chi connectivity index (χ0) is 11.7. The van der Waals surface area contributed by atoms with Crippen LogP contribution in [0.4, 0.5) is 0 Å². The Morgan fingerprint density at radius 2 is 2.18 bits per heavy atom. The molecule has 0 fully saturated rings. The Morgan fingerprint density at radius 3 is 2.94 bits per heavy atom. The Balaban J connectivity index is 1.60. The molecule has 3 rings (SSSR count). The molecule has 0 aliphatic heterocycles. The highest BCUT2D eigenvalue weighted by Crippen LogP contribution is 2.37. The Hall–Kier alpha value is -1.12. The molecule has 1 aromatic carbocycles. The van der Waals surface area contributed by atoms with Crippen LogP contribution in [-0.2, 0) is 12.8 Å². The van der Waals surface area contributed by atoms with Crippen LogP contribution in [0.1, 0.15) is 29.0 Å². The van der Waals surface area contributed by atoms with E-state index in [1.165, 1.54) is 23.1 Å². The van der Waals surface area contributed by atoms with E-state index in [4.69, 9.17) is 5.73 Å². The monoisotopic (exact) mass is 243 g/mol. The number of rotatable bonds is 4. The quantitative estimate of drug-likeness (QED) is 0.875. The zero-order valence-electron chi connectivity index (χ0n) is 9.80. The number of nitrogens with two attached hydrogens (primary N) is 1. The minimum atomic E-state index is 0.310. The fourth-order valence-electron chi connectivity index (χ4n) is 2.65. The third kappa shape index (κ3) is 2.15. The molecule has 2 heteroatoms. The van der Waals surface area contributed by atoms with Crippen molar-refractivity contribution >= 4 is 11.3 Å². The molecule has 88 valence electrons. The number of aryl methyl sites for hydroxylation is 1. The second-order valence-corrected chi connectivity index (χ2v) is 5.62. The van der Waals surface area contributed by atoms with E-state index in [0.29, 0.717) is 12.0 Å². The molecule has 1 heterocycles. The first kappa shape index (κ1) is 11.0. The summed E-state index contributed by atoms with van der Waals surface area (Å²) in [5.41, 5.74) is 10.7. The van der Waals surface area contributed by atoms with E-state index in [1.807, 2.05) is 0 Å². The van der Waals surface area contributed by atoms with E-state index in [9.17, 15) is 0 Å². The van der Waals surface area contributed by atoms with Crippen LogP contribution < -0.4 is 5.73 Å². The molecule has 0 spiro atoms. The highest BCUT2D eigenvalue weighted by molar-refractivity contribution is 7.07. The summed E-state index contributed by atoms with van der Waals surface area (Å²) in [6, 6.07) is 11.2. The third-order valence-electron chi connectivity index (χ3n) is 3.76. The summed E-state index contributed by atoms with van der Waals surface area (Å²) in [4.78, 5) is 0. The average Bonchev–Trinajstić information content (AvgIpc) is 2.81. The average molecular weight is 243 g/mol. The summed E-state index contributed by atoms with van der Waals surface area (Å²) in [6.07, 6.45) is 3.38. The Labute approximate surface area is 106 Å². The van der Waals surface area contributed by atoms with E-state index in [-0.39, 0.29) is 0 Å². The maximum absolute atomic E-state index is 6.31. The minimum Gasteiger partial charge on any atom is -0.327 e. The van der Waals surface area contributed by atoms with Gasteiger partial charge in [-0.1, -0.05) is 24.3 Å². The summed E-state index contributed by atoms with van der Waals surface area (Å²) in [5, 5.41) is 4.36. The molecule has 1 aliphatic rings. The first-order chi connectivity index (χ1) is 8.34. The molecule has 0 saturated carbocycles. The Bertz CT molecular complexity index is 489. The predicted molar refractivity (Wildman–Crippen MR) is 73.5 cm³/mol. The van der Waals surface area contributed by atoms with Gasteiger partial charge in [-0.3, -0.25) is 0 Å². The lowest BCUT2D eigenvalue weighted by atomic mass is 9.72. The van der Waals surface area contributed by atoms with E-state index < -0.39 is 0 Å². The van der Waals surface area contributed by atoms with Gasteiger partial charge in [-0.25, -0.2) is 0 Å². The Kier molecular flexibility index (Phi) is 3.00. The van der Waals surface area contributed by atoms with Crippen molar-refractivity contribution in [3.05, 3.63) is 57.8 Å². The predicted octanol–water partition coefficient (Wildman–Crippen LogP) is 3.35. The van der Waals surface area contributed by atoms with Gasteiger partial charge in [0.2, 0.25) is 0 Å². The molecule has 2 unspecified atom stereocenters. The lowest BCUT2D eigenvalue weighted by molar-refractivity contribution is 0.458. The van der Waals surface area contributed by atoms with Crippen LogP contribution in [0.2, 0.25) is 0 Å². The molecule has 0 amide bonds. The van der Waals surface area contributed by atoms with E-state index in [0.717, 1.165) is 12.8 Å². The van der Waals surface area contributed by atoms with Crippen molar-refractivity contribution in [2.75, 3.05) is 0 Å². The van der Waals surface area contributed by atoms with Gasteiger partial charge in [0.25, 0.3) is 0 Å². The van der Waals surface area contributed by atoms with Crippen LogP contribution >= 0.6 is 11.3 Å². The van der Waals surface area contributed by atoms with Crippen LogP contribution in [0.5, 0.6) is 0 Å². The van der Waals surface area contributed by atoms with Gasteiger partial charge in [-0.2, -0.15) is 11.3 Å². The maximum atomic E-state index is 6.31. The molecule has 1 aromatic heterocycles. The molecule has 17 heavy (non-hydrogen) atoms. The van der Waals surface area contributed by atoms with Gasteiger partial charge in [-0.15, -0.1) is 0 Å². The smallest absolute Gasteiger partial charge is 0.0114 e. The van der Waals surface area contributed by atoms with Crippen molar-refractivity contribution in [1.82, 2.24) is 0 Å². The van der Waals surface area contributed by atoms with Crippen molar-refractivity contribution in [3.63, 3.8) is 0 Å². The normalized spacial score (nSPS) is 19.5. The van der Waals surface area contributed by atoms with Crippen molar-refractivity contribution in [1.29, 1.82) is 0 Å². The minimum absolute atomic E-state index is 0.310. The standard InChI is InChI=1S/C15H17NS/c16-15(6-5-11-7-8-17-10-11)14-9-12-3-1-2-4-13(12)14/h1-4,7-8,10,14-15H,5-6,9,16H2. The topological polar surface area (TPSA) is 26.0 Å². The van der Waals surface area contributed by atoms with Gasteiger partial charge >= 0.3 is 0 Å². The number of thiophene rings is 1. The van der Waals surface area contributed by atoms with Crippen molar-refractivity contribution in [3.8, 4) is 0 Å². The molecule has 0 saturated heterocycles. The molecule has 2 aromatic rings. The van der Waals surface area contributed by atoms with Crippen LogP contribution in [0.15, 0.2) is 41.1 Å². The number of fused-ring (bicyclic) bond motifs is 1. The molecule has 2 atom stereocenters. The lowest BCUT2D eigenvalue weighted by Gasteiger charge is -2.34. The van der Waals surface area contributed by atoms with Crippen LogP contribution in [-0.4, -0.2) is 6.04 Å². The Morgan fingerprint density at radius 1 is 1.29 bits per heavy atom. The number of benzene rings is 1. The highest BCUT2D eigenvalue weighted by atomic mass is 32.1. The first-order valence-electron chi connectivity index (χ1n) is 6.19. The van der Waals surface area contributed by atoms with Gasteiger partial charge in [0.05, 0.1) is 0 Å². The summed E-state index contributed by atoms with van der Waals surface area (Å²) < 4.78 is 0. The molecular weight excluding hydrogens is 226 g/mol. The second kappa shape index (κ2) is 4.63. The summed E-state index contributed by atoms with van der Waals surface area (Å²) in [5.74, 6) is 0.588. The van der Waals surface area contributed by atoms with Crippen molar-refractivity contribution < 1.29 is 0 Å². The molecule has 0 bridgehead atoms. The van der Waals surface area contributed by atoms with Crippen molar-refractivity contribution in [2.24, 2.45) is 5.73 Å². The van der Waals surface area contributed by atoms with Gasteiger partial charge in [0.15, 0.2) is 0 Å². The zero-order valence-corrected chi connectivity index (χ0v) is 10.6. The first-order valence-corrected chi connectivity index (χ1v) is 7.13. The number of hydrogen-bond donors (Lipinski definition) is 1. The van der Waals surface area contributed by atoms with E-state index in [2.05, 4.69) is 41.1 Å². The summed E-state index contributed by atoms with van der Waals surface area (Å²) in [6.45, 7) is 0. The molecule has 0 radical (unpaired) electrons. The highest BCUT2D eigenvalue weighted by Gasteiger charge is 2.30. The van der Waals surface area contributed by atoms with Crippen molar-refractivity contribution in [2.45, 2.75) is 31.2 Å². The van der Waals surface area contributed by atoms with Crippen LogP contribution in [0.3, 0.4) is 0 Å². The second-order valence-electron chi connectivity index (χ2n) is 4.84. The summed E-state index contributed by atoms with van der Waals surface area (Å²) in [7, 11) is 0. The summed E-state index contributed by atoms with van der Waals surface area (Å²) >= 11 is 1.77. The lowest BCUT2D eigenvalue weighted by Crippen LogP contribution is -2.35. The van der Waals surface area contributed by atoms with Gasteiger partial charge in [0, 0.05) is 12.0 Å². The molecule has 1 nitrogen and oxygen atoms in total. The maximum Gasteiger partial charge on any atom is 0.0114 e.